The Labute approximate surface area is 243 Å². The Balaban J connectivity index is 2.04. The van der Waals surface area contributed by atoms with Gasteiger partial charge in [0.15, 0.2) is 0 Å². The minimum absolute atomic E-state index is 0.0345. The summed E-state index contributed by atoms with van der Waals surface area (Å²) in [7, 11) is -4.17. The predicted molar refractivity (Wildman–Crippen MR) is 161 cm³/mol. The fraction of sp³-hybridized carbons (Fsp3) is 0.375. The van der Waals surface area contributed by atoms with Gasteiger partial charge in [-0.2, -0.15) is 0 Å². The number of nitrogens with one attached hydrogen (secondary N) is 1. The third-order valence-electron chi connectivity index (χ3n) is 6.89. The van der Waals surface area contributed by atoms with E-state index in [1.54, 1.807) is 49.4 Å². The Kier molecular flexibility index (Phi) is 10.7. The number of sulfonamides is 1. The molecular weight excluding hydrogens is 541 g/mol. The second kappa shape index (κ2) is 13.8. The molecule has 0 spiro atoms. The maximum atomic E-state index is 14.7. The summed E-state index contributed by atoms with van der Waals surface area (Å²) in [5, 5.41) is 2.82. The molecule has 0 fully saturated rings. The first-order valence-electron chi connectivity index (χ1n) is 13.8. The van der Waals surface area contributed by atoms with E-state index in [-0.39, 0.29) is 28.8 Å². The van der Waals surface area contributed by atoms with Crippen molar-refractivity contribution >= 4 is 27.5 Å². The van der Waals surface area contributed by atoms with Crippen LogP contribution in [0.5, 0.6) is 0 Å². The molecule has 7 nitrogen and oxygen atoms in total. The van der Waals surface area contributed by atoms with Crippen LogP contribution in [-0.2, 0) is 26.2 Å². The molecule has 0 radical (unpaired) electrons. The van der Waals surface area contributed by atoms with Crippen LogP contribution in [0.25, 0.3) is 0 Å². The number of carbonyl (C=O) groups excluding carboxylic acids is 2. The Morgan fingerprint density at radius 2 is 1.49 bits per heavy atom. The summed E-state index contributed by atoms with van der Waals surface area (Å²) in [6, 6.07) is 18.5. The highest BCUT2D eigenvalue weighted by Crippen LogP contribution is 2.27. The zero-order valence-electron chi connectivity index (χ0n) is 24.6. The van der Waals surface area contributed by atoms with E-state index in [1.165, 1.54) is 23.1 Å². The quantitative estimate of drug-likeness (QED) is 0.300. The summed E-state index contributed by atoms with van der Waals surface area (Å²) in [5.74, 6) is -1.14. The summed E-state index contributed by atoms with van der Waals surface area (Å²) in [5.41, 5.74) is 2.44. The van der Waals surface area contributed by atoms with E-state index in [0.29, 0.717) is 12.2 Å². The summed E-state index contributed by atoms with van der Waals surface area (Å²) in [6.45, 7) is 11.0. The maximum absolute atomic E-state index is 14.7. The van der Waals surface area contributed by atoms with Gasteiger partial charge in [0.2, 0.25) is 11.8 Å². The van der Waals surface area contributed by atoms with Gasteiger partial charge >= 0.3 is 0 Å². The van der Waals surface area contributed by atoms with Gasteiger partial charge in [-0.05, 0) is 61.6 Å². The van der Waals surface area contributed by atoms with Crippen LogP contribution in [0.4, 0.5) is 10.1 Å². The van der Waals surface area contributed by atoms with Crippen LogP contribution in [0.3, 0.4) is 0 Å². The van der Waals surface area contributed by atoms with E-state index < -0.39 is 40.2 Å². The van der Waals surface area contributed by atoms with Crippen LogP contribution >= 0.6 is 0 Å². The van der Waals surface area contributed by atoms with Crippen LogP contribution in [0.1, 0.15) is 57.2 Å². The third-order valence-corrected chi connectivity index (χ3v) is 8.67. The highest BCUT2D eigenvalue weighted by molar-refractivity contribution is 7.92. The van der Waals surface area contributed by atoms with E-state index >= 15 is 0 Å². The average Bonchev–Trinajstić information content (AvgIpc) is 2.93. The molecule has 3 aromatic rings. The number of carbonyl (C=O) groups is 2. The first-order chi connectivity index (χ1) is 19.3. The highest BCUT2D eigenvalue weighted by Gasteiger charge is 2.33. The zero-order valence-corrected chi connectivity index (χ0v) is 25.4. The van der Waals surface area contributed by atoms with Crippen molar-refractivity contribution in [3.05, 3.63) is 95.3 Å². The van der Waals surface area contributed by atoms with Gasteiger partial charge in [0.1, 0.15) is 18.4 Å². The molecule has 220 valence electrons. The number of halogens is 1. The fourth-order valence-electron chi connectivity index (χ4n) is 4.24. The van der Waals surface area contributed by atoms with E-state index in [2.05, 4.69) is 5.32 Å². The van der Waals surface area contributed by atoms with E-state index in [1.807, 2.05) is 46.8 Å². The van der Waals surface area contributed by atoms with Crippen molar-refractivity contribution in [2.45, 2.75) is 64.9 Å². The van der Waals surface area contributed by atoms with Crippen molar-refractivity contribution in [1.29, 1.82) is 0 Å². The molecule has 0 heterocycles. The molecule has 0 saturated heterocycles. The third kappa shape index (κ3) is 8.16. The van der Waals surface area contributed by atoms with E-state index in [9.17, 15) is 22.4 Å². The number of amides is 2. The minimum Gasteiger partial charge on any atom is -0.354 e. The molecule has 3 aromatic carbocycles. The number of anilines is 1. The van der Waals surface area contributed by atoms with Crippen molar-refractivity contribution in [1.82, 2.24) is 10.2 Å². The second-order valence-electron chi connectivity index (χ2n) is 11.0. The standard InChI is InChI=1S/C32H40FN3O4S/c1-22(2)19-34-32(38)25(6)35(20-27-9-7-8-10-30(27)33)31(37)21-36(28-15-13-26(14-16-28)23(3)4)41(39,40)29-17-11-24(5)12-18-29/h7-18,22-23,25H,19-21H2,1-6H3,(H,34,38). The average molecular weight is 582 g/mol. The van der Waals surface area contributed by atoms with E-state index in [0.717, 1.165) is 15.4 Å². The first kappa shape index (κ1) is 31.8. The van der Waals surface area contributed by atoms with Crippen molar-refractivity contribution < 1.29 is 22.4 Å². The summed E-state index contributed by atoms with van der Waals surface area (Å²) < 4.78 is 43.6. The van der Waals surface area contributed by atoms with Gasteiger partial charge in [-0.3, -0.25) is 13.9 Å². The molecule has 0 aliphatic rings. The lowest BCUT2D eigenvalue weighted by Crippen LogP contribution is -2.51. The van der Waals surface area contributed by atoms with Gasteiger partial charge in [-0.15, -0.1) is 0 Å². The van der Waals surface area contributed by atoms with Crippen molar-refractivity contribution in [3.8, 4) is 0 Å². The molecule has 1 atom stereocenters. The summed E-state index contributed by atoms with van der Waals surface area (Å²) in [6.07, 6.45) is 0. The number of rotatable bonds is 12. The van der Waals surface area contributed by atoms with Crippen LogP contribution < -0.4 is 9.62 Å². The van der Waals surface area contributed by atoms with Crippen molar-refractivity contribution in [2.24, 2.45) is 5.92 Å². The minimum atomic E-state index is -4.17. The Morgan fingerprint density at radius 1 is 0.878 bits per heavy atom. The smallest absolute Gasteiger partial charge is 0.264 e. The molecule has 0 aliphatic carbocycles. The molecule has 1 unspecified atom stereocenters. The number of hydrogen-bond donors (Lipinski definition) is 1. The fourth-order valence-corrected chi connectivity index (χ4v) is 5.65. The molecule has 41 heavy (non-hydrogen) atoms. The monoisotopic (exact) mass is 581 g/mol. The Morgan fingerprint density at radius 3 is 2.05 bits per heavy atom. The SMILES string of the molecule is Cc1ccc(S(=O)(=O)N(CC(=O)N(Cc2ccccc2F)C(C)C(=O)NCC(C)C)c2ccc(C(C)C)cc2)cc1. The topological polar surface area (TPSA) is 86.8 Å². The summed E-state index contributed by atoms with van der Waals surface area (Å²) >= 11 is 0. The van der Waals surface area contributed by atoms with Crippen LogP contribution in [0.2, 0.25) is 0 Å². The molecule has 0 aliphatic heterocycles. The molecule has 1 N–H and O–H groups in total. The van der Waals surface area contributed by atoms with Gasteiger partial charge < -0.3 is 10.2 Å². The normalized spacial score (nSPS) is 12.3. The van der Waals surface area contributed by atoms with Crippen LogP contribution in [-0.4, -0.2) is 44.3 Å². The lowest BCUT2D eigenvalue weighted by atomic mass is 10.0. The zero-order chi connectivity index (χ0) is 30.3. The number of aryl methyl sites for hydroxylation is 1. The number of benzene rings is 3. The highest BCUT2D eigenvalue weighted by atomic mass is 32.2. The first-order valence-corrected chi connectivity index (χ1v) is 15.2. The van der Waals surface area contributed by atoms with Gasteiger partial charge in [0.25, 0.3) is 10.0 Å². The predicted octanol–water partition coefficient (Wildman–Crippen LogP) is 5.64. The van der Waals surface area contributed by atoms with E-state index in [4.69, 9.17) is 0 Å². The molecule has 0 aromatic heterocycles. The van der Waals surface area contributed by atoms with Gasteiger partial charge in [0, 0.05) is 18.7 Å². The Bertz CT molecular complexity index is 1440. The molecule has 3 rings (SSSR count). The molecule has 0 saturated carbocycles. The van der Waals surface area contributed by atoms with Crippen LogP contribution in [0.15, 0.2) is 77.7 Å². The second-order valence-corrected chi connectivity index (χ2v) is 12.9. The maximum Gasteiger partial charge on any atom is 0.264 e. The molecular formula is C32H40FN3O4S. The van der Waals surface area contributed by atoms with Gasteiger partial charge in [0.05, 0.1) is 10.6 Å². The lowest BCUT2D eigenvalue weighted by Gasteiger charge is -2.32. The molecule has 2 amide bonds. The van der Waals surface area contributed by atoms with Gasteiger partial charge in [-0.1, -0.05) is 75.7 Å². The van der Waals surface area contributed by atoms with Crippen molar-refractivity contribution in [2.75, 3.05) is 17.4 Å². The molecule has 0 bridgehead atoms. The number of hydrogen-bond acceptors (Lipinski definition) is 4. The van der Waals surface area contributed by atoms with Crippen LogP contribution in [0, 0.1) is 18.7 Å². The lowest BCUT2D eigenvalue weighted by molar-refractivity contribution is -0.139. The summed E-state index contributed by atoms with van der Waals surface area (Å²) in [4.78, 5) is 28.3. The molecule has 9 heteroatoms. The van der Waals surface area contributed by atoms with Crippen molar-refractivity contribution in [3.63, 3.8) is 0 Å². The van der Waals surface area contributed by atoms with Gasteiger partial charge in [-0.25, -0.2) is 12.8 Å². The Hall–Kier alpha value is -3.72. The number of nitrogens with zero attached hydrogens (tertiary/aromatic N) is 2. The largest absolute Gasteiger partial charge is 0.354 e.